The van der Waals surface area contributed by atoms with Crippen molar-refractivity contribution in [2.45, 2.75) is 19.8 Å². The highest BCUT2D eigenvalue weighted by molar-refractivity contribution is 5.78. The van der Waals surface area contributed by atoms with Gasteiger partial charge in [0.05, 0.1) is 11.0 Å². The van der Waals surface area contributed by atoms with Crippen molar-refractivity contribution in [3.63, 3.8) is 0 Å². The lowest BCUT2D eigenvalue weighted by atomic mass is 10.2. The smallest absolute Gasteiger partial charge is 0.111 e. The van der Waals surface area contributed by atoms with Crippen molar-refractivity contribution in [2.75, 3.05) is 18.0 Å². The lowest BCUT2D eigenvalue weighted by Crippen LogP contribution is -2.17. The normalized spacial score (nSPS) is 15.0. The van der Waals surface area contributed by atoms with E-state index in [0.717, 1.165) is 11.3 Å². The summed E-state index contributed by atoms with van der Waals surface area (Å²) in [4.78, 5) is 7.10. The molecule has 0 bridgehead atoms. The number of imidazole rings is 1. The predicted octanol–water partition coefficient (Wildman–Crippen LogP) is 3.93. The molecule has 0 radical (unpaired) electrons. The molecule has 2 heterocycles. The molecule has 0 spiro atoms. The van der Waals surface area contributed by atoms with Crippen LogP contribution in [0.3, 0.4) is 0 Å². The van der Waals surface area contributed by atoms with E-state index < -0.39 is 0 Å². The van der Waals surface area contributed by atoms with Crippen molar-refractivity contribution in [1.29, 1.82) is 0 Å². The van der Waals surface area contributed by atoms with E-state index in [9.17, 15) is 0 Å². The summed E-state index contributed by atoms with van der Waals surface area (Å²) in [7, 11) is 0. The molecule has 0 amide bonds. The Morgan fingerprint density at radius 3 is 2.29 bits per heavy atom. The van der Waals surface area contributed by atoms with Gasteiger partial charge in [-0.05, 0) is 56.2 Å². The number of hydrogen-bond acceptors (Lipinski definition) is 2. The molecule has 2 aromatic carbocycles. The second-order valence-electron chi connectivity index (χ2n) is 5.69. The van der Waals surface area contributed by atoms with Gasteiger partial charge in [0.2, 0.25) is 0 Å². The zero-order valence-corrected chi connectivity index (χ0v) is 12.3. The Labute approximate surface area is 124 Å². The third-order valence-corrected chi connectivity index (χ3v) is 4.31. The Bertz CT molecular complexity index is 765. The van der Waals surface area contributed by atoms with Crippen LogP contribution in [0, 0.1) is 6.92 Å². The summed E-state index contributed by atoms with van der Waals surface area (Å²) in [5, 5.41) is 0. The van der Waals surface area contributed by atoms with Crippen LogP contribution in [0.2, 0.25) is 0 Å². The molecule has 3 nitrogen and oxygen atoms in total. The van der Waals surface area contributed by atoms with E-state index in [1.165, 1.54) is 42.8 Å². The number of anilines is 1. The minimum Gasteiger partial charge on any atom is -0.372 e. The van der Waals surface area contributed by atoms with E-state index in [2.05, 4.69) is 63.8 Å². The van der Waals surface area contributed by atoms with E-state index in [-0.39, 0.29) is 0 Å². The molecule has 3 heteroatoms. The number of nitrogens with zero attached hydrogens (tertiary/aromatic N) is 3. The van der Waals surface area contributed by atoms with Crippen molar-refractivity contribution >= 4 is 16.7 Å². The number of aromatic nitrogens is 2. The molecule has 1 aromatic heterocycles. The summed E-state index contributed by atoms with van der Waals surface area (Å²) in [6, 6.07) is 17.2. The minimum absolute atomic E-state index is 1.03. The second-order valence-corrected chi connectivity index (χ2v) is 5.69. The number of rotatable bonds is 2. The number of benzene rings is 2. The van der Waals surface area contributed by atoms with Gasteiger partial charge in [0.1, 0.15) is 5.82 Å². The summed E-state index contributed by atoms with van der Waals surface area (Å²) in [6.07, 6.45) is 2.63. The first kappa shape index (κ1) is 12.5. The summed E-state index contributed by atoms with van der Waals surface area (Å²) < 4.78 is 2.23. The first-order valence-corrected chi connectivity index (χ1v) is 7.62. The van der Waals surface area contributed by atoms with Crippen LogP contribution < -0.4 is 4.90 Å². The average Bonchev–Trinajstić information content (AvgIpc) is 3.14. The Hall–Kier alpha value is -2.29. The maximum atomic E-state index is 4.64. The fourth-order valence-corrected chi connectivity index (χ4v) is 3.26. The SMILES string of the molecule is Cc1nc2ccccc2n1-c1ccc(N2CCCC2)cc1. The fourth-order valence-electron chi connectivity index (χ4n) is 3.26. The van der Waals surface area contributed by atoms with E-state index >= 15 is 0 Å². The van der Waals surface area contributed by atoms with Crippen molar-refractivity contribution in [3.8, 4) is 5.69 Å². The van der Waals surface area contributed by atoms with Crippen LogP contribution >= 0.6 is 0 Å². The zero-order valence-electron chi connectivity index (χ0n) is 12.3. The lowest BCUT2D eigenvalue weighted by molar-refractivity contribution is 0.949. The highest BCUT2D eigenvalue weighted by Gasteiger charge is 2.13. The van der Waals surface area contributed by atoms with Crippen LogP contribution in [0.1, 0.15) is 18.7 Å². The fraction of sp³-hybridized carbons (Fsp3) is 0.278. The summed E-state index contributed by atoms with van der Waals surface area (Å²) in [5.74, 6) is 1.03. The molecular formula is C18H19N3. The number of aryl methyl sites for hydroxylation is 1. The molecule has 1 aliphatic heterocycles. The molecule has 1 fully saturated rings. The van der Waals surface area contributed by atoms with Gasteiger partial charge in [-0.3, -0.25) is 4.57 Å². The molecular weight excluding hydrogens is 258 g/mol. The van der Waals surface area contributed by atoms with Gasteiger partial charge < -0.3 is 4.90 Å². The third-order valence-electron chi connectivity index (χ3n) is 4.31. The molecule has 1 aliphatic rings. The number of fused-ring (bicyclic) bond motifs is 1. The second kappa shape index (κ2) is 4.92. The van der Waals surface area contributed by atoms with Gasteiger partial charge >= 0.3 is 0 Å². The standard InChI is InChI=1S/C18H19N3/c1-14-19-17-6-2-3-7-18(17)21(14)16-10-8-15(9-11-16)20-12-4-5-13-20/h2-3,6-11H,4-5,12-13H2,1H3. The van der Waals surface area contributed by atoms with E-state index in [1.54, 1.807) is 0 Å². The van der Waals surface area contributed by atoms with Crippen molar-refractivity contribution in [2.24, 2.45) is 0 Å². The molecule has 106 valence electrons. The zero-order chi connectivity index (χ0) is 14.2. The van der Waals surface area contributed by atoms with Crippen molar-refractivity contribution < 1.29 is 0 Å². The third kappa shape index (κ3) is 2.09. The Kier molecular flexibility index (Phi) is 2.92. The quantitative estimate of drug-likeness (QED) is 0.707. The van der Waals surface area contributed by atoms with Crippen LogP contribution in [0.4, 0.5) is 5.69 Å². The lowest BCUT2D eigenvalue weighted by Gasteiger charge is -2.18. The van der Waals surface area contributed by atoms with Gasteiger partial charge in [-0.2, -0.15) is 0 Å². The molecule has 0 N–H and O–H groups in total. The molecule has 0 saturated carbocycles. The van der Waals surface area contributed by atoms with E-state index in [1.807, 2.05) is 6.07 Å². The Balaban J connectivity index is 1.76. The molecule has 0 atom stereocenters. The van der Waals surface area contributed by atoms with Crippen LogP contribution in [-0.2, 0) is 0 Å². The monoisotopic (exact) mass is 277 g/mol. The molecule has 1 saturated heterocycles. The Morgan fingerprint density at radius 2 is 1.52 bits per heavy atom. The van der Waals surface area contributed by atoms with E-state index in [0.29, 0.717) is 0 Å². The highest BCUT2D eigenvalue weighted by Crippen LogP contribution is 2.25. The van der Waals surface area contributed by atoms with Crippen LogP contribution in [0.15, 0.2) is 48.5 Å². The summed E-state index contributed by atoms with van der Waals surface area (Å²) in [5.41, 5.74) is 4.74. The van der Waals surface area contributed by atoms with Crippen LogP contribution in [0.5, 0.6) is 0 Å². The molecule has 3 aromatic rings. The van der Waals surface area contributed by atoms with Gasteiger partial charge in [0.25, 0.3) is 0 Å². The van der Waals surface area contributed by atoms with Crippen molar-refractivity contribution in [3.05, 3.63) is 54.4 Å². The predicted molar refractivity (Wildman–Crippen MR) is 87.3 cm³/mol. The topological polar surface area (TPSA) is 21.1 Å². The molecule has 4 rings (SSSR count). The number of para-hydroxylation sites is 2. The first-order chi connectivity index (χ1) is 10.3. The maximum absolute atomic E-state index is 4.64. The first-order valence-electron chi connectivity index (χ1n) is 7.62. The summed E-state index contributed by atoms with van der Waals surface area (Å²) in [6.45, 7) is 4.44. The van der Waals surface area contributed by atoms with Crippen LogP contribution in [-0.4, -0.2) is 22.6 Å². The highest BCUT2D eigenvalue weighted by atomic mass is 15.1. The number of hydrogen-bond donors (Lipinski definition) is 0. The minimum atomic E-state index is 1.03. The van der Waals surface area contributed by atoms with Gasteiger partial charge in [-0.25, -0.2) is 4.98 Å². The van der Waals surface area contributed by atoms with Gasteiger partial charge in [0, 0.05) is 24.5 Å². The Morgan fingerprint density at radius 1 is 0.857 bits per heavy atom. The maximum Gasteiger partial charge on any atom is 0.111 e. The van der Waals surface area contributed by atoms with Crippen LogP contribution in [0.25, 0.3) is 16.7 Å². The molecule has 0 unspecified atom stereocenters. The molecule has 0 aliphatic carbocycles. The summed E-state index contributed by atoms with van der Waals surface area (Å²) >= 11 is 0. The van der Waals surface area contributed by atoms with Gasteiger partial charge in [-0.1, -0.05) is 12.1 Å². The van der Waals surface area contributed by atoms with E-state index in [4.69, 9.17) is 0 Å². The van der Waals surface area contributed by atoms with Gasteiger partial charge in [-0.15, -0.1) is 0 Å². The average molecular weight is 277 g/mol. The molecule has 21 heavy (non-hydrogen) atoms. The van der Waals surface area contributed by atoms with Gasteiger partial charge in [0.15, 0.2) is 0 Å². The largest absolute Gasteiger partial charge is 0.372 e. The van der Waals surface area contributed by atoms with Crippen molar-refractivity contribution in [1.82, 2.24) is 9.55 Å².